The van der Waals surface area contributed by atoms with Gasteiger partial charge in [-0.15, -0.1) is 0 Å². The van der Waals surface area contributed by atoms with E-state index in [4.69, 9.17) is 0 Å². The monoisotopic (exact) mass is 212 g/mol. The van der Waals surface area contributed by atoms with E-state index in [0.717, 1.165) is 31.1 Å². The van der Waals surface area contributed by atoms with Crippen LogP contribution in [0.1, 0.15) is 39.5 Å². The summed E-state index contributed by atoms with van der Waals surface area (Å²) in [6.45, 7) is 9.35. The summed E-state index contributed by atoms with van der Waals surface area (Å²) in [5.74, 6) is 1.89. The topological polar surface area (TPSA) is 16.0 Å². The fraction of sp³-hybridized carbons (Fsp3) is 1.00. The maximum Gasteiger partial charge on any atom is 0.157 e. The Morgan fingerprint density at radius 2 is 1.60 bits per heavy atom. The van der Waals surface area contributed by atoms with Gasteiger partial charge in [-0.3, -0.25) is 4.90 Å². The zero-order chi connectivity index (χ0) is 10.7. The van der Waals surface area contributed by atoms with Crippen molar-refractivity contribution < 1.29 is 4.74 Å². The van der Waals surface area contributed by atoms with Gasteiger partial charge in [0.25, 0.3) is 0 Å². The van der Waals surface area contributed by atoms with E-state index in [1.807, 2.05) is 0 Å². The molecule has 0 atom stereocenters. The smallest absolute Gasteiger partial charge is 0.157 e. The Hall–Kier alpha value is -0.0800. The first-order valence-corrected chi connectivity index (χ1v) is 6.64. The van der Waals surface area contributed by atoms with Crippen molar-refractivity contribution >= 4 is 0 Å². The molecular weight excluding hydrogens is 186 g/mol. The summed E-state index contributed by atoms with van der Waals surface area (Å²) in [4.78, 5) is 2.68. The Labute approximate surface area is 94.0 Å². The third-order valence-electron chi connectivity index (χ3n) is 4.29. The molecule has 1 heterocycles. The van der Waals surface area contributed by atoms with Gasteiger partial charge in [0.1, 0.15) is 0 Å². The molecule has 2 aliphatic rings. The lowest BCUT2D eigenvalue weighted by atomic mass is 9.79. The van der Waals surface area contributed by atoms with Crippen LogP contribution in [0, 0.1) is 11.8 Å². The Morgan fingerprint density at radius 1 is 1.00 bits per heavy atom. The van der Waals surface area contributed by atoms with Crippen LogP contribution in [0.25, 0.3) is 0 Å². The van der Waals surface area contributed by atoms with E-state index in [2.05, 4.69) is 23.5 Å². The van der Waals surface area contributed by atoms with Crippen molar-refractivity contribution in [2.24, 2.45) is 11.8 Å². The number of morpholine rings is 1. The zero-order valence-electron chi connectivity index (χ0n) is 10.3. The largest absolute Gasteiger partial charge is 0.432 e. The molecule has 2 rings (SSSR count). The van der Waals surface area contributed by atoms with Crippen LogP contribution in [-0.4, -0.2) is 42.0 Å². The fourth-order valence-corrected chi connectivity index (χ4v) is 3.12. The summed E-state index contributed by atoms with van der Waals surface area (Å²) in [7, 11) is 0. The number of hydrogen-bond donors (Lipinski definition) is 0. The van der Waals surface area contributed by atoms with Crippen molar-refractivity contribution in [3.05, 3.63) is 0 Å². The summed E-state index contributed by atoms with van der Waals surface area (Å²) in [6.07, 6.45) is 5.78. The van der Waals surface area contributed by atoms with Crippen LogP contribution in [0.2, 0.25) is 0 Å². The highest BCUT2D eigenvalue weighted by atomic mass is 16.5. The average molecular weight is 212 g/mol. The minimum Gasteiger partial charge on any atom is -0.432 e. The van der Waals surface area contributed by atoms with Crippen LogP contribution < -0.4 is 0 Å². The van der Waals surface area contributed by atoms with E-state index in [0.29, 0.717) is 0 Å². The molecule has 0 spiro atoms. The summed E-state index contributed by atoms with van der Waals surface area (Å²) < 4.78 is 4.42. The molecule has 1 N–H and O–H groups in total. The van der Waals surface area contributed by atoms with Crippen molar-refractivity contribution in [1.29, 1.82) is 0 Å². The minimum absolute atomic E-state index is 0.885. The van der Waals surface area contributed by atoms with Gasteiger partial charge in [0, 0.05) is 6.04 Å². The number of nitrogens with zero attached hydrogens (tertiary/aromatic N) is 1. The first kappa shape index (κ1) is 11.4. The maximum atomic E-state index is 4.42. The van der Waals surface area contributed by atoms with Crippen molar-refractivity contribution in [2.75, 3.05) is 26.3 Å². The summed E-state index contributed by atoms with van der Waals surface area (Å²) >= 11 is 0. The number of rotatable bonds is 2. The van der Waals surface area contributed by atoms with Gasteiger partial charge in [0.2, 0.25) is 0 Å². The molecule has 0 aromatic carbocycles. The highest BCUT2D eigenvalue weighted by Crippen LogP contribution is 2.32. The second-order valence-corrected chi connectivity index (χ2v) is 5.52. The normalized spacial score (nSPS) is 34.6. The molecule has 15 heavy (non-hydrogen) atoms. The van der Waals surface area contributed by atoms with Gasteiger partial charge < -0.3 is 4.74 Å². The molecule has 0 aromatic rings. The van der Waals surface area contributed by atoms with Gasteiger partial charge >= 0.3 is 0 Å². The molecule has 2 heteroatoms. The van der Waals surface area contributed by atoms with Gasteiger partial charge in [-0.1, -0.05) is 13.8 Å². The molecule has 0 unspecified atom stereocenters. The fourth-order valence-electron chi connectivity index (χ4n) is 3.12. The van der Waals surface area contributed by atoms with Crippen molar-refractivity contribution in [1.82, 2.24) is 4.90 Å². The number of aliphatic hydroxyl groups is 2. The summed E-state index contributed by atoms with van der Waals surface area (Å²) in [5.41, 5.74) is 0. The standard InChI is InChI=1S/C13H25NO/c1-11(2)12-3-5-13(6-4-12)14-7-9-15-10-8-14/h11-13H,3-10H2,1-2H3/p+1. The van der Waals surface area contributed by atoms with E-state index >= 15 is 0 Å². The quantitative estimate of drug-likeness (QED) is 0.640. The molecule has 0 bridgehead atoms. The molecule has 0 amide bonds. The van der Waals surface area contributed by atoms with Gasteiger partial charge in [-0.05, 0) is 37.5 Å². The Balaban J connectivity index is 1.77. The first-order valence-electron chi connectivity index (χ1n) is 6.64. The van der Waals surface area contributed by atoms with Gasteiger partial charge in [-0.2, -0.15) is 0 Å². The minimum atomic E-state index is 0.885. The SMILES string of the molecule is CC(C)C1CCC(N2CC[OH+]CC2)CC1. The third kappa shape index (κ3) is 2.94. The van der Waals surface area contributed by atoms with Gasteiger partial charge in [0.05, 0.1) is 13.1 Å². The third-order valence-corrected chi connectivity index (χ3v) is 4.29. The number of ether oxygens (including phenoxy) is 1. The molecule has 2 nitrogen and oxygen atoms in total. The van der Waals surface area contributed by atoms with Crippen LogP contribution >= 0.6 is 0 Å². The lowest BCUT2D eigenvalue weighted by Gasteiger charge is -2.38. The molecule has 88 valence electrons. The van der Waals surface area contributed by atoms with Crippen LogP contribution in [0.5, 0.6) is 0 Å². The van der Waals surface area contributed by atoms with Crippen LogP contribution in [0.3, 0.4) is 0 Å². The van der Waals surface area contributed by atoms with Gasteiger partial charge in [-0.25, -0.2) is 0 Å². The van der Waals surface area contributed by atoms with Gasteiger partial charge in [0.15, 0.2) is 13.2 Å². The van der Waals surface area contributed by atoms with E-state index in [-0.39, 0.29) is 0 Å². The Morgan fingerprint density at radius 3 is 2.13 bits per heavy atom. The van der Waals surface area contributed by atoms with E-state index in [1.165, 1.54) is 38.8 Å². The predicted molar refractivity (Wildman–Crippen MR) is 64.1 cm³/mol. The second kappa shape index (κ2) is 5.31. The lowest BCUT2D eigenvalue weighted by Crippen LogP contribution is -2.46. The Kier molecular flexibility index (Phi) is 4.04. The lowest BCUT2D eigenvalue weighted by molar-refractivity contribution is -0.103. The van der Waals surface area contributed by atoms with E-state index < -0.39 is 0 Å². The summed E-state index contributed by atoms with van der Waals surface area (Å²) in [5, 5.41) is 0. The van der Waals surface area contributed by atoms with Crippen LogP contribution in [0.15, 0.2) is 0 Å². The van der Waals surface area contributed by atoms with Crippen molar-refractivity contribution in [3.8, 4) is 0 Å². The van der Waals surface area contributed by atoms with Crippen LogP contribution in [-0.2, 0) is 0 Å². The molecule has 1 aliphatic carbocycles. The predicted octanol–water partition coefficient (Wildman–Crippen LogP) is 2.04. The second-order valence-electron chi connectivity index (χ2n) is 5.52. The molecule has 1 aliphatic heterocycles. The maximum absolute atomic E-state index is 4.42. The van der Waals surface area contributed by atoms with E-state index in [9.17, 15) is 0 Å². The highest BCUT2D eigenvalue weighted by Gasteiger charge is 2.28. The molecule has 1 saturated carbocycles. The Bertz CT molecular complexity index is 179. The molecular formula is C13H26NO+. The molecule has 0 radical (unpaired) electrons. The molecule has 0 aromatic heterocycles. The van der Waals surface area contributed by atoms with E-state index in [1.54, 1.807) is 0 Å². The van der Waals surface area contributed by atoms with Crippen molar-refractivity contribution in [3.63, 3.8) is 0 Å². The number of hydrogen-bond acceptors (Lipinski definition) is 1. The van der Waals surface area contributed by atoms with Crippen LogP contribution in [0.4, 0.5) is 0 Å². The molecule has 2 fully saturated rings. The van der Waals surface area contributed by atoms with Crippen molar-refractivity contribution in [2.45, 2.75) is 45.6 Å². The molecule has 1 saturated heterocycles. The first-order chi connectivity index (χ1) is 7.27. The zero-order valence-corrected chi connectivity index (χ0v) is 10.3. The average Bonchev–Trinajstić information content (AvgIpc) is 2.30. The highest BCUT2D eigenvalue weighted by molar-refractivity contribution is 4.81. The summed E-state index contributed by atoms with van der Waals surface area (Å²) in [6, 6.07) is 0.885.